The van der Waals surface area contributed by atoms with E-state index in [2.05, 4.69) is 40.1 Å². The quantitative estimate of drug-likeness (QED) is 0.840. The van der Waals surface area contributed by atoms with Crippen molar-refractivity contribution < 1.29 is 4.79 Å². The lowest BCUT2D eigenvalue weighted by Gasteiger charge is -2.38. The molecule has 4 nitrogen and oxygen atoms in total. The fourth-order valence-electron chi connectivity index (χ4n) is 4.01. The summed E-state index contributed by atoms with van der Waals surface area (Å²) in [4.78, 5) is 16.1. The second kappa shape index (κ2) is 8.27. The van der Waals surface area contributed by atoms with E-state index in [4.69, 9.17) is 0 Å². The minimum Gasteiger partial charge on any atom is -0.356 e. The Bertz CT molecular complexity index is 484. The fraction of sp³-hybridized carbons (Fsp3) is 0.722. The molecule has 2 saturated heterocycles. The first-order chi connectivity index (χ1) is 11.2. The highest BCUT2D eigenvalue weighted by molar-refractivity contribution is 7.10. The molecule has 3 unspecified atom stereocenters. The van der Waals surface area contributed by atoms with Crippen molar-refractivity contribution in [3.05, 3.63) is 22.4 Å². The predicted molar refractivity (Wildman–Crippen MR) is 95.6 cm³/mol. The normalized spacial score (nSPS) is 28.8. The predicted octanol–water partition coefficient (Wildman–Crippen LogP) is 2.64. The Hall–Kier alpha value is -0.910. The van der Waals surface area contributed by atoms with Gasteiger partial charge in [-0.1, -0.05) is 6.07 Å². The largest absolute Gasteiger partial charge is 0.356 e. The van der Waals surface area contributed by atoms with E-state index in [0.29, 0.717) is 24.3 Å². The van der Waals surface area contributed by atoms with Crippen molar-refractivity contribution in [3.8, 4) is 0 Å². The zero-order valence-electron chi connectivity index (χ0n) is 14.1. The van der Waals surface area contributed by atoms with Gasteiger partial charge in [-0.3, -0.25) is 9.69 Å². The molecule has 0 aliphatic carbocycles. The average molecular weight is 336 g/mol. The van der Waals surface area contributed by atoms with E-state index in [9.17, 15) is 4.79 Å². The molecule has 2 N–H and O–H groups in total. The van der Waals surface area contributed by atoms with E-state index in [1.165, 1.54) is 24.1 Å². The monoisotopic (exact) mass is 335 g/mol. The van der Waals surface area contributed by atoms with Crippen molar-refractivity contribution in [2.24, 2.45) is 11.8 Å². The third-order valence-corrected chi connectivity index (χ3v) is 6.29. The number of piperidine rings is 1. The van der Waals surface area contributed by atoms with Gasteiger partial charge in [0.2, 0.25) is 5.91 Å². The first kappa shape index (κ1) is 16.9. The van der Waals surface area contributed by atoms with Crippen LogP contribution in [0.25, 0.3) is 0 Å². The second-order valence-electron chi connectivity index (χ2n) is 7.04. The summed E-state index contributed by atoms with van der Waals surface area (Å²) in [5.74, 6) is 1.46. The van der Waals surface area contributed by atoms with E-state index < -0.39 is 0 Å². The highest BCUT2D eigenvalue weighted by atomic mass is 32.1. The molecule has 0 spiro atoms. The van der Waals surface area contributed by atoms with Gasteiger partial charge in [-0.15, -0.1) is 11.3 Å². The van der Waals surface area contributed by atoms with Gasteiger partial charge in [-0.25, -0.2) is 0 Å². The number of carbonyl (C=O) groups is 1. The van der Waals surface area contributed by atoms with Crippen LogP contribution in [0.2, 0.25) is 0 Å². The number of thiophene rings is 1. The standard InChI is InChI=1S/C18H29N3OS/c1-21-10-2-4-15(18(21)16-5-3-11-23-16)13-20-17(22)7-6-14-8-9-19-12-14/h3,5,11,14-15,18-19H,2,4,6-10,12-13H2,1H3,(H,20,22). The number of hydrogen-bond donors (Lipinski definition) is 2. The van der Waals surface area contributed by atoms with E-state index >= 15 is 0 Å². The first-order valence-electron chi connectivity index (χ1n) is 8.95. The van der Waals surface area contributed by atoms with Crippen LogP contribution in [-0.4, -0.2) is 44.0 Å². The molecular weight excluding hydrogens is 306 g/mol. The molecule has 5 heteroatoms. The summed E-state index contributed by atoms with van der Waals surface area (Å²) >= 11 is 1.84. The maximum absolute atomic E-state index is 12.2. The number of amides is 1. The molecule has 128 valence electrons. The number of hydrogen-bond acceptors (Lipinski definition) is 4. The van der Waals surface area contributed by atoms with Crippen molar-refractivity contribution in [2.75, 3.05) is 33.2 Å². The lowest BCUT2D eigenvalue weighted by molar-refractivity contribution is -0.121. The molecule has 23 heavy (non-hydrogen) atoms. The van der Waals surface area contributed by atoms with Gasteiger partial charge in [0.1, 0.15) is 0 Å². The summed E-state index contributed by atoms with van der Waals surface area (Å²) in [6.07, 6.45) is 5.36. The lowest BCUT2D eigenvalue weighted by atomic mass is 9.88. The Morgan fingerprint density at radius 1 is 1.48 bits per heavy atom. The molecule has 1 amide bonds. The van der Waals surface area contributed by atoms with Gasteiger partial charge in [-0.05, 0) is 75.6 Å². The Balaban J connectivity index is 1.48. The van der Waals surface area contributed by atoms with E-state index in [-0.39, 0.29) is 5.91 Å². The van der Waals surface area contributed by atoms with Crippen LogP contribution >= 0.6 is 11.3 Å². The van der Waals surface area contributed by atoms with Crippen molar-refractivity contribution >= 4 is 17.2 Å². The molecule has 0 saturated carbocycles. The fourth-order valence-corrected chi connectivity index (χ4v) is 5.00. The lowest BCUT2D eigenvalue weighted by Crippen LogP contribution is -2.41. The maximum Gasteiger partial charge on any atom is 0.220 e. The third-order valence-electron chi connectivity index (χ3n) is 5.35. The smallest absolute Gasteiger partial charge is 0.220 e. The minimum atomic E-state index is 0.232. The highest BCUT2D eigenvalue weighted by Gasteiger charge is 2.31. The average Bonchev–Trinajstić information content (AvgIpc) is 3.24. The van der Waals surface area contributed by atoms with Crippen molar-refractivity contribution in [3.63, 3.8) is 0 Å². The summed E-state index contributed by atoms with van der Waals surface area (Å²) < 4.78 is 0. The number of nitrogens with one attached hydrogen (secondary N) is 2. The van der Waals surface area contributed by atoms with Crippen LogP contribution in [0.4, 0.5) is 0 Å². The molecular formula is C18H29N3OS. The van der Waals surface area contributed by atoms with Crippen molar-refractivity contribution in [2.45, 2.75) is 38.1 Å². The summed E-state index contributed by atoms with van der Waals surface area (Å²) in [7, 11) is 2.21. The molecule has 3 atom stereocenters. The molecule has 2 aliphatic rings. The minimum absolute atomic E-state index is 0.232. The van der Waals surface area contributed by atoms with E-state index in [0.717, 1.165) is 32.6 Å². The summed E-state index contributed by atoms with van der Waals surface area (Å²) in [6, 6.07) is 4.83. The van der Waals surface area contributed by atoms with Crippen LogP contribution in [0, 0.1) is 11.8 Å². The molecule has 2 fully saturated rings. The second-order valence-corrected chi connectivity index (χ2v) is 8.02. The molecule has 1 aromatic heterocycles. The Morgan fingerprint density at radius 3 is 3.13 bits per heavy atom. The van der Waals surface area contributed by atoms with Gasteiger partial charge in [0.15, 0.2) is 0 Å². The van der Waals surface area contributed by atoms with E-state index in [1.807, 2.05) is 11.3 Å². The van der Waals surface area contributed by atoms with Gasteiger partial charge < -0.3 is 10.6 Å². The van der Waals surface area contributed by atoms with Crippen LogP contribution in [0.15, 0.2) is 17.5 Å². The third kappa shape index (κ3) is 4.55. The maximum atomic E-state index is 12.2. The molecule has 3 heterocycles. The SMILES string of the molecule is CN1CCCC(CNC(=O)CCC2CCNC2)C1c1cccs1. The molecule has 1 aromatic rings. The number of nitrogens with zero attached hydrogens (tertiary/aromatic N) is 1. The molecule has 0 bridgehead atoms. The van der Waals surface area contributed by atoms with Gasteiger partial charge in [0, 0.05) is 23.9 Å². The highest BCUT2D eigenvalue weighted by Crippen LogP contribution is 2.36. The Kier molecular flexibility index (Phi) is 6.08. The van der Waals surface area contributed by atoms with Gasteiger partial charge in [-0.2, -0.15) is 0 Å². The first-order valence-corrected chi connectivity index (χ1v) is 9.83. The molecule has 0 radical (unpaired) electrons. The van der Waals surface area contributed by atoms with Gasteiger partial charge in [0.25, 0.3) is 0 Å². The summed E-state index contributed by atoms with van der Waals surface area (Å²) in [5.41, 5.74) is 0. The summed E-state index contributed by atoms with van der Waals surface area (Å²) in [5, 5.41) is 8.73. The zero-order chi connectivity index (χ0) is 16.1. The van der Waals surface area contributed by atoms with E-state index in [1.54, 1.807) is 0 Å². The Labute approximate surface area is 143 Å². The van der Waals surface area contributed by atoms with Gasteiger partial charge >= 0.3 is 0 Å². The number of carbonyl (C=O) groups excluding carboxylic acids is 1. The van der Waals surface area contributed by atoms with Crippen molar-refractivity contribution in [1.82, 2.24) is 15.5 Å². The van der Waals surface area contributed by atoms with Crippen LogP contribution in [0.5, 0.6) is 0 Å². The van der Waals surface area contributed by atoms with Gasteiger partial charge in [0.05, 0.1) is 0 Å². The molecule has 3 rings (SSSR count). The Morgan fingerprint density at radius 2 is 2.39 bits per heavy atom. The topological polar surface area (TPSA) is 44.4 Å². The van der Waals surface area contributed by atoms with Crippen LogP contribution in [0.1, 0.15) is 43.0 Å². The number of rotatable bonds is 6. The molecule has 0 aromatic carbocycles. The number of likely N-dealkylation sites (tertiary alicyclic amines) is 1. The molecule has 2 aliphatic heterocycles. The van der Waals surface area contributed by atoms with Crippen LogP contribution in [0.3, 0.4) is 0 Å². The summed E-state index contributed by atoms with van der Waals surface area (Å²) in [6.45, 7) is 4.17. The van der Waals surface area contributed by atoms with Crippen molar-refractivity contribution in [1.29, 1.82) is 0 Å². The van der Waals surface area contributed by atoms with Crippen LogP contribution in [-0.2, 0) is 4.79 Å². The zero-order valence-corrected chi connectivity index (χ0v) is 14.9. The van der Waals surface area contributed by atoms with Crippen LogP contribution < -0.4 is 10.6 Å².